The van der Waals surface area contributed by atoms with Crippen molar-refractivity contribution in [1.29, 1.82) is 0 Å². The van der Waals surface area contributed by atoms with E-state index in [2.05, 4.69) is 30.4 Å². The number of aryl methyl sites for hydroxylation is 1. The van der Waals surface area contributed by atoms with Crippen LogP contribution < -0.4 is 5.32 Å². The van der Waals surface area contributed by atoms with Crippen molar-refractivity contribution in [3.63, 3.8) is 0 Å². The van der Waals surface area contributed by atoms with E-state index in [9.17, 15) is 0 Å². The lowest BCUT2D eigenvalue weighted by atomic mass is 10.2. The molecule has 0 bridgehead atoms. The van der Waals surface area contributed by atoms with Crippen molar-refractivity contribution >= 4 is 17.3 Å². The van der Waals surface area contributed by atoms with Crippen LogP contribution >= 0.6 is 11.6 Å². The number of nitrogens with one attached hydrogen (secondary N) is 1. The summed E-state index contributed by atoms with van der Waals surface area (Å²) in [6.07, 6.45) is 0. The molecular formula is C14H14ClN. The molecule has 0 fully saturated rings. The summed E-state index contributed by atoms with van der Waals surface area (Å²) in [4.78, 5) is 0. The minimum absolute atomic E-state index is 0.753. The Morgan fingerprint density at radius 3 is 2.62 bits per heavy atom. The van der Waals surface area contributed by atoms with Gasteiger partial charge in [-0.1, -0.05) is 41.9 Å². The maximum absolute atomic E-state index is 6.08. The van der Waals surface area contributed by atoms with Crippen LogP contribution in [0.2, 0.25) is 5.02 Å². The summed E-state index contributed by atoms with van der Waals surface area (Å²) in [5.41, 5.74) is 3.50. The molecule has 0 heterocycles. The molecule has 0 amide bonds. The quantitative estimate of drug-likeness (QED) is 0.832. The number of benzene rings is 2. The Balaban J connectivity index is 2.05. The molecule has 0 radical (unpaired) electrons. The molecule has 0 saturated carbocycles. The van der Waals surface area contributed by atoms with E-state index >= 15 is 0 Å². The molecule has 2 heteroatoms. The van der Waals surface area contributed by atoms with E-state index in [0.29, 0.717) is 0 Å². The molecule has 2 aromatic carbocycles. The van der Waals surface area contributed by atoms with Crippen LogP contribution in [-0.4, -0.2) is 0 Å². The minimum atomic E-state index is 0.753. The fourth-order valence-corrected chi connectivity index (χ4v) is 1.80. The van der Waals surface area contributed by atoms with Crippen LogP contribution in [0.1, 0.15) is 11.1 Å². The highest BCUT2D eigenvalue weighted by molar-refractivity contribution is 6.31. The van der Waals surface area contributed by atoms with Crippen molar-refractivity contribution in [3.05, 3.63) is 64.7 Å². The van der Waals surface area contributed by atoms with E-state index in [-0.39, 0.29) is 0 Å². The lowest BCUT2D eigenvalue weighted by Gasteiger charge is -2.08. The first-order valence-electron chi connectivity index (χ1n) is 5.29. The van der Waals surface area contributed by atoms with Crippen LogP contribution in [0.25, 0.3) is 0 Å². The molecule has 0 spiro atoms. The average molecular weight is 232 g/mol. The molecular weight excluding hydrogens is 218 g/mol. The molecule has 82 valence electrons. The molecule has 1 nitrogen and oxygen atoms in total. The number of hydrogen-bond donors (Lipinski definition) is 1. The Hall–Kier alpha value is -1.47. The monoisotopic (exact) mass is 231 g/mol. The maximum atomic E-state index is 6.08. The molecule has 0 unspecified atom stereocenters. The second kappa shape index (κ2) is 5.04. The number of anilines is 1. The standard InChI is InChI=1S/C14H14ClN/c1-11-5-4-7-13(9-11)16-10-12-6-2-3-8-14(12)15/h2-9,16H,10H2,1H3. The third kappa shape index (κ3) is 2.77. The van der Waals surface area contributed by atoms with Crippen molar-refractivity contribution in [2.75, 3.05) is 5.32 Å². The zero-order valence-corrected chi connectivity index (χ0v) is 9.96. The van der Waals surface area contributed by atoms with Gasteiger partial charge in [-0.2, -0.15) is 0 Å². The van der Waals surface area contributed by atoms with Gasteiger partial charge in [0.1, 0.15) is 0 Å². The molecule has 0 aromatic heterocycles. The van der Waals surface area contributed by atoms with Crippen molar-refractivity contribution in [2.24, 2.45) is 0 Å². The van der Waals surface area contributed by atoms with Gasteiger partial charge in [0.25, 0.3) is 0 Å². The second-order valence-electron chi connectivity index (χ2n) is 3.81. The van der Waals surface area contributed by atoms with Gasteiger partial charge in [0, 0.05) is 17.3 Å². The molecule has 0 atom stereocenters. The van der Waals surface area contributed by atoms with Crippen LogP contribution in [0.3, 0.4) is 0 Å². The first kappa shape index (κ1) is 11.0. The van der Waals surface area contributed by atoms with Gasteiger partial charge < -0.3 is 5.32 Å². The van der Waals surface area contributed by atoms with E-state index in [0.717, 1.165) is 22.8 Å². The van der Waals surface area contributed by atoms with Gasteiger partial charge >= 0.3 is 0 Å². The number of hydrogen-bond acceptors (Lipinski definition) is 1. The van der Waals surface area contributed by atoms with Gasteiger partial charge in [-0.15, -0.1) is 0 Å². The van der Waals surface area contributed by atoms with Crippen LogP contribution in [0, 0.1) is 6.92 Å². The molecule has 16 heavy (non-hydrogen) atoms. The minimum Gasteiger partial charge on any atom is -0.381 e. The summed E-state index contributed by atoms with van der Waals surface area (Å²) >= 11 is 6.08. The highest BCUT2D eigenvalue weighted by Gasteiger charge is 1.98. The van der Waals surface area contributed by atoms with Gasteiger partial charge in [-0.25, -0.2) is 0 Å². The Morgan fingerprint density at radius 1 is 1.06 bits per heavy atom. The summed E-state index contributed by atoms with van der Waals surface area (Å²) < 4.78 is 0. The first-order valence-corrected chi connectivity index (χ1v) is 5.67. The fraction of sp³-hybridized carbons (Fsp3) is 0.143. The van der Waals surface area contributed by atoms with Gasteiger partial charge in [0.2, 0.25) is 0 Å². The van der Waals surface area contributed by atoms with Crippen molar-refractivity contribution in [1.82, 2.24) is 0 Å². The third-order valence-electron chi connectivity index (χ3n) is 2.46. The lowest BCUT2D eigenvalue weighted by molar-refractivity contribution is 1.15. The van der Waals surface area contributed by atoms with Crippen molar-refractivity contribution in [3.8, 4) is 0 Å². The molecule has 0 aliphatic heterocycles. The molecule has 1 N–H and O–H groups in total. The first-order chi connectivity index (χ1) is 7.75. The van der Waals surface area contributed by atoms with Crippen LogP contribution in [0.5, 0.6) is 0 Å². The highest BCUT2D eigenvalue weighted by Crippen LogP contribution is 2.17. The van der Waals surface area contributed by atoms with Gasteiger partial charge in [-0.3, -0.25) is 0 Å². The van der Waals surface area contributed by atoms with Crippen LogP contribution in [0.4, 0.5) is 5.69 Å². The Kier molecular flexibility index (Phi) is 3.47. The van der Waals surface area contributed by atoms with Crippen molar-refractivity contribution < 1.29 is 0 Å². The molecule has 0 saturated heterocycles. The maximum Gasteiger partial charge on any atom is 0.0455 e. The van der Waals surface area contributed by atoms with E-state index in [4.69, 9.17) is 11.6 Å². The second-order valence-corrected chi connectivity index (χ2v) is 4.22. The van der Waals surface area contributed by atoms with Crippen LogP contribution in [0.15, 0.2) is 48.5 Å². The lowest BCUT2D eigenvalue weighted by Crippen LogP contribution is -1.99. The van der Waals surface area contributed by atoms with E-state index < -0.39 is 0 Å². The predicted octanol–water partition coefficient (Wildman–Crippen LogP) is 4.26. The fourth-order valence-electron chi connectivity index (χ4n) is 1.59. The topological polar surface area (TPSA) is 12.0 Å². The van der Waals surface area contributed by atoms with Gasteiger partial charge in [0.15, 0.2) is 0 Å². The summed E-state index contributed by atoms with van der Waals surface area (Å²) in [7, 11) is 0. The third-order valence-corrected chi connectivity index (χ3v) is 2.83. The Labute approximate surface area is 101 Å². The summed E-state index contributed by atoms with van der Waals surface area (Å²) in [5, 5.41) is 4.17. The van der Waals surface area contributed by atoms with E-state index in [1.807, 2.05) is 30.3 Å². The normalized spacial score (nSPS) is 10.1. The molecule has 0 aliphatic rings. The smallest absolute Gasteiger partial charge is 0.0455 e. The van der Waals surface area contributed by atoms with Crippen molar-refractivity contribution in [2.45, 2.75) is 13.5 Å². The Morgan fingerprint density at radius 2 is 1.88 bits per heavy atom. The predicted molar refractivity (Wildman–Crippen MR) is 70.0 cm³/mol. The SMILES string of the molecule is Cc1cccc(NCc2ccccc2Cl)c1. The largest absolute Gasteiger partial charge is 0.381 e. The molecule has 0 aliphatic carbocycles. The molecule has 2 rings (SSSR count). The molecule has 2 aromatic rings. The summed E-state index contributed by atoms with van der Waals surface area (Å²) in [6.45, 7) is 2.84. The number of halogens is 1. The average Bonchev–Trinajstić information content (AvgIpc) is 2.28. The zero-order valence-electron chi connectivity index (χ0n) is 9.20. The number of rotatable bonds is 3. The summed E-state index contributed by atoms with van der Waals surface area (Å²) in [5.74, 6) is 0. The summed E-state index contributed by atoms with van der Waals surface area (Å²) in [6, 6.07) is 16.2. The zero-order chi connectivity index (χ0) is 11.4. The highest BCUT2D eigenvalue weighted by atomic mass is 35.5. The Bertz CT molecular complexity index is 480. The van der Waals surface area contributed by atoms with Gasteiger partial charge in [-0.05, 0) is 36.2 Å². The van der Waals surface area contributed by atoms with E-state index in [1.54, 1.807) is 0 Å². The van der Waals surface area contributed by atoms with E-state index in [1.165, 1.54) is 5.56 Å². The van der Waals surface area contributed by atoms with Gasteiger partial charge in [0.05, 0.1) is 0 Å². The van der Waals surface area contributed by atoms with Crippen LogP contribution in [-0.2, 0) is 6.54 Å².